The number of carboxylic acid groups (broad SMARTS) is 1. The van der Waals surface area contributed by atoms with Gasteiger partial charge in [0.2, 0.25) is 5.95 Å². The van der Waals surface area contributed by atoms with E-state index in [9.17, 15) is 4.79 Å². The summed E-state index contributed by atoms with van der Waals surface area (Å²) >= 11 is 0. The summed E-state index contributed by atoms with van der Waals surface area (Å²) in [6.07, 6.45) is 2.69. The molecule has 0 bridgehead atoms. The van der Waals surface area contributed by atoms with Crippen molar-refractivity contribution in [3.63, 3.8) is 0 Å². The van der Waals surface area contributed by atoms with E-state index in [1.807, 2.05) is 42.6 Å². The maximum absolute atomic E-state index is 11.1. The van der Waals surface area contributed by atoms with Crippen molar-refractivity contribution in [1.82, 2.24) is 19.5 Å². The number of aromatic nitrogens is 3. The van der Waals surface area contributed by atoms with Crippen molar-refractivity contribution in [2.45, 2.75) is 18.8 Å². The molecule has 1 fully saturated rings. The number of nitrogens with zero attached hydrogens (tertiary/aromatic N) is 5. The highest BCUT2D eigenvalue weighted by Gasteiger charge is 2.23. The van der Waals surface area contributed by atoms with Crippen LogP contribution in [0.4, 0.5) is 16.4 Å². The molecule has 3 heterocycles. The van der Waals surface area contributed by atoms with Crippen molar-refractivity contribution in [3.05, 3.63) is 78.0 Å². The molecule has 1 aliphatic heterocycles. The van der Waals surface area contributed by atoms with Crippen LogP contribution in [0.1, 0.15) is 29.9 Å². The third-order valence-electron chi connectivity index (χ3n) is 6.09. The summed E-state index contributed by atoms with van der Waals surface area (Å²) in [5.74, 6) is 0.872. The number of amides is 1. The topological polar surface area (TPSA) is 107 Å². The lowest BCUT2D eigenvalue weighted by atomic mass is 9.89. The molecule has 1 amide bonds. The highest BCUT2D eigenvalue weighted by Crippen LogP contribution is 2.30. The fourth-order valence-corrected chi connectivity index (χ4v) is 4.28. The Balaban J connectivity index is 1.32. The highest BCUT2D eigenvalue weighted by atomic mass is 16.4. The second-order valence-corrected chi connectivity index (χ2v) is 8.11. The molecule has 2 N–H and O–H groups in total. The number of pyridine rings is 1. The van der Waals surface area contributed by atoms with Crippen molar-refractivity contribution in [3.8, 4) is 17.2 Å². The Bertz CT molecular complexity index is 1330. The highest BCUT2D eigenvalue weighted by molar-refractivity contribution is 5.78. The molecular weight excluding hydrogens is 416 g/mol. The first-order valence-electron chi connectivity index (χ1n) is 10.8. The van der Waals surface area contributed by atoms with Crippen LogP contribution in [0, 0.1) is 11.3 Å². The van der Waals surface area contributed by atoms with Gasteiger partial charge in [-0.15, -0.1) is 5.10 Å². The fraction of sp³-hybridized carbons (Fsp3) is 0.200. The summed E-state index contributed by atoms with van der Waals surface area (Å²) in [7, 11) is 0. The lowest BCUT2D eigenvalue weighted by Gasteiger charge is -2.30. The third-order valence-corrected chi connectivity index (χ3v) is 6.09. The van der Waals surface area contributed by atoms with Crippen LogP contribution in [0.5, 0.6) is 0 Å². The molecule has 0 unspecified atom stereocenters. The van der Waals surface area contributed by atoms with E-state index >= 15 is 0 Å². The number of piperidine rings is 1. The molecule has 0 atom stereocenters. The Morgan fingerprint density at radius 1 is 1.06 bits per heavy atom. The number of fused-ring (bicyclic) bond motifs is 1. The zero-order valence-corrected chi connectivity index (χ0v) is 17.8. The van der Waals surface area contributed by atoms with Crippen LogP contribution in [0.15, 0.2) is 66.9 Å². The maximum Gasteiger partial charge on any atom is 0.407 e. The van der Waals surface area contributed by atoms with Gasteiger partial charge < -0.3 is 15.3 Å². The Hall–Kier alpha value is -4.38. The van der Waals surface area contributed by atoms with Crippen molar-refractivity contribution in [2.24, 2.45) is 0 Å². The predicted octanol–water partition coefficient (Wildman–Crippen LogP) is 4.87. The molecule has 4 aromatic rings. The molecule has 1 saturated heterocycles. The summed E-state index contributed by atoms with van der Waals surface area (Å²) in [5.41, 5.74) is 5.36. The zero-order valence-electron chi connectivity index (χ0n) is 17.8. The first-order valence-corrected chi connectivity index (χ1v) is 10.8. The van der Waals surface area contributed by atoms with Gasteiger partial charge in [-0.3, -0.25) is 0 Å². The Labute approximate surface area is 190 Å². The lowest BCUT2D eigenvalue weighted by molar-refractivity contribution is 0.132. The number of hydrogen-bond acceptors (Lipinski definition) is 5. The summed E-state index contributed by atoms with van der Waals surface area (Å²) in [6, 6.07) is 21.6. The van der Waals surface area contributed by atoms with Gasteiger partial charge in [-0.05, 0) is 66.3 Å². The Morgan fingerprint density at radius 3 is 2.45 bits per heavy atom. The Kier molecular flexibility index (Phi) is 5.37. The van der Waals surface area contributed by atoms with Gasteiger partial charge in [0, 0.05) is 30.5 Å². The second-order valence-electron chi connectivity index (χ2n) is 8.11. The zero-order chi connectivity index (χ0) is 22.8. The molecule has 0 aliphatic carbocycles. The van der Waals surface area contributed by atoms with Crippen LogP contribution in [-0.2, 0) is 0 Å². The molecular formula is C25H22N6O2. The number of anilines is 2. The quantitative estimate of drug-likeness (QED) is 0.471. The van der Waals surface area contributed by atoms with Crippen molar-refractivity contribution < 1.29 is 9.90 Å². The lowest BCUT2D eigenvalue weighted by Crippen LogP contribution is -2.36. The molecule has 2 aromatic carbocycles. The van der Waals surface area contributed by atoms with E-state index in [0.717, 1.165) is 35.3 Å². The van der Waals surface area contributed by atoms with Gasteiger partial charge in [-0.1, -0.05) is 24.3 Å². The molecule has 164 valence electrons. The minimum atomic E-state index is -0.838. The van der Waals surface area contributed by atoms with Crippen LogP contribution in [0.25, 0.3) is 16.8 Å². The Morgan fingerprint density at radius 2 is 1.79 bits per heavy atom. The van der Waals surface area contributed by atoms with Crippen molar-refractivity contribution >= 4 is 23.4 Å². The SMILES string of the molecule is N#Cc1ccc(-c2cccn3nc(Nc4ccc(C5CCN(C(=O)O)CC5)cc4)nc23)cc1. The number of nitriles is 1. The van der Waals surface area contributed by atoms with Gasteiger partial charge in [0.15, 0.2) is 5.65 Å². The monoisotopic (exact) mass is 438 g/mol. The first-order chi connectivity index (χ1) is 16.1. The van der Waals surface area contributed by atoms with E-state index in [0.29, 0.717) is 30.5 Å². The summed E-state index contributed by atoms with van der Waals surface area (Å²) < 4.78 is 1.74. The average molecular weight is 438 g/mol. The largest absolute Gasteiger partial charge is 0.465 e. The minimum absolute atomic E-state index is 0.373. The van der Waals surface area contributed by atoms with Crippen LogP contribution < -0.4 is 5.32 Å². The molecule has 8 nitrogen and oxygen atoms in total. The second kappa shape index (κ2) is 8.63. The van der Waals surface area contributed by atoms with Crippen LogP contribution in [-0.4, -0.2) is 43.8 Å². The minimum Gasteiger partial charge on any atom is -0.465 e. The van der Waals surface area contributed by atoms with Crippen LogP contribution in [0.2, 0.25) is 0 Å². The van der Waals surface area contributed by atoms with Gasteiger partial charge in [0.05, 0.1) is 11.6 Å². The number of rotatable bonds is 4. The number of nitrogens with one attached hydrogen (secondary N) is 1. The molecule has 0 spiro atoms. The standard InChI is InChI=1S/C25H22N6O2/c26-16-17-3-5-20(6-4-17)22-2-1-13-31-23(22)28-24(29-31)27-21-9-7-18(8-10-21)19-11-14-30(15-12-19)25(32)33/h1-10,13,19H,11-12,14-15H2,(H,27,29)(H,32,33). The van der Waals surface area contributed by atoms with Crippen molar-refractivity contribution in [2.75, 3.05) is 18.4 Å². The number of carbonyl (C=O) groups is 1. The van der Waals surface area contributed by atoms with Gasteiger partial charge in [-0.2, -0.15) is 10.2 Å². The molecule has 1 aliphatic rings. The average Bonchev–Trinajstić information content (AvgIpc) is 3.27. The number of hydrogen-bond donors (Lipinski definition) is 2. The van der Waals surface area contributed by atoms with E-state index in [1.54, 1.807) is 16.6 Å². The van der Waals surface area contributed by atoms with Gasteiger partial charge in [-0.25, -0.2) is 9.31 Å². The molecule has 2 aromatic heterocycles. The summed E-state index contributed by atoms with van der Waals surface area (Å²) in [6.45, 7) is 1.15. The molecule has 5 rings (SSSR count). The molecule has 8 heteroatoms. The third kappa shape index (κ3) is 4.21. The fourth-order valence-electron chi connectivity index (χ4n) is 4.28. The molecule has 33 heavy (non-hydrogen) atoms. The summed E-state index contributed by atoms with van der Waals surface area (Å²) in [4.78, 5) is 17.3. The van der Waals surface area contributed by atoms with Gasteiger partial charge >= 0.3 is 6.09 Å². The van der Waals surface area contributed by atoms with E-state index < -0.39 is 6.09 Å². The normalized spacial score (nSPS) is 14.2. The van der Waals surface area contributed by atoms with Crippen molar-refractivity contribution in [1.29, 1.82) is 5.26 Å². The van der Waals surface area contributed by atoms with E-state index in [1.165, 1.54) is 10.5 Å². The predicted molar refractivity (Wildman–Crippen MR) is 124 cm³/mol. The van der Waals surface area contributed by atoms with E-state index in [-0.39, 0.29) is 0 Å². The number of likely N-dealkylation sites (tertiary alicyclic amines) is 1. The maximum atomic E-state index is 11.1. The summed E-state index contributed by atoms with van der Waals surface area (Å²) in [5, 5.41) is 26.0. The van der Waals surface area contributed by atoms with Crippen LogP contribution >= 0.6 is 0 Å². The number of benzene rings is 2. The molecule has 0 saturated carbocycles. The van der Waals surface area contributed by atoms with Gasteiger partial charge in [0.1, 0.15) is 0 Å². The van der Waals surface area contributed by atoms with Crippen LogP contribution in [0.3, 0.4) is 0 Å². The smallest absolute Gasteiger partial charge is 0.407 e. The van der Waals surface area contributed by atoms with E-state index in [4.69, 9.17) is 10.4 Å². The molecule has 0 radical (unpaired) electrons. The van der Waals surface area contributed by atoms with Gasteiger partial charge in [0.25, 0.3) is 0 Å². The first kappa shape index (κ1) is 20.5. The van der Waals surface area contributed by atoms with E-state index in [2.05, 4.69) is 33.6 Å².